The molecule has 1 N–H and O–H groups in total. The van der Waals surface area contributed by atoms with Gasteiger partial charge in [0.25, 0.3) is 0 Å². The normalized spacial score (nSPS) is 17.8. The summed E-state index contributed by atoms with van der Waals surface area (Å²) in [7, 11) is 1.34. The molecular formula is C12H21NO3. The van der Waals surface area contributed by atoms with E-state index in [4.69, 9.17) is 4.74 Å². The van der Waals surface area contributed by atoms with E-state index in [2.05, 4.69) is 19.2 Å². The second kappa shape index (κ2) is 5.32. The summed E-state index contributed by atoms with van der Waals surface area (Å²) in [4.78, 5) is 23.5. The third-order valence-electron chi connectivity index (χ3n) is 3.23. The highest BCUT2D eigenvalue weighted by atomic mass is 16.5. The summed E-state index contributed by atoms with van der Waals surface area (Å²) in [5, 5.41) is 2.83. The van der Waals surface area contributed by atoms with Crippen molar-refractivity contribution in [3.05, 3.63) is 0 Å². The number of amides is 1. The minimum Gasteiger partial charge on any atom is -0.468 e. The van der Waals surface area contributed by atoms with Gasteiger partial charge in [-0.25, -0.2) is 0 Å². The highest BCUT2D eigenvalue weighted by molar-refractivity contribution is 6.03. The minimum absolute atomic E-state index is 0.161. The molecule has 1 fully saturated rings. The van der Waals surface area contributed by atoms with Crippen molar-refractivity contribution >= 4 is 11.9 Å². The van der Waals surface area contributed by atoms with Crippen molar-refractivity contribution in [2.24, 2.45) is 11.3 Å². The zero-order valence-electron chi connectivity index (χ0n) is 10.3. The maximum absolute atomic E-state index is 11.9. The molecule has 1 aliphatic rings. The van der Waals surface area contributed by atoms with Crippen LogP contribution in [0.1, 0.15) is 39.5 Å². The molecule has 0 bridgehead atoms. The number of methoxy groups -OCH3 is 1. The number of rotatable bonds is 5. The van der Waals surface area contributed by atoms with Crippen molar-refractivity contribution in [2.45, 2.75) is 39.5 Å². The summed E-state index contributed by atoms with van der Waals surface area (Å²) in [6, 6.07) is 0. The Kier molecular flexibility index (Phi) is 4.33. The first-order valence-corrected chi connectivity index (χ1v) is 5.89. The van der Waals surface area contributed by atoms with Crippen molar-refractivity contribution in [1.29, 1.82) is 0 Å². The molecule has 0 aromatic rings. The van der Waals surface area contributed by atoms with Crippen LogP contribution in [0.2, 0.25) is 0 Å². The molecule has 0 aromatic heterocycles. The van der Waals surface area contributed by atoms with E-state index in [1.165, 1.54) is 7.11 Å². The third kappa shape index (κ3) is 2.54. The topological polar surface area (TPSA) is 55.4 Å². The van der Waals surface area contributed by atoms with Gasteiger partial charge in [0, 0.05) is 6.54 Å². The first-order chi connectivity index (χ1) is 7.53. The van der Waals surface area contributed by atoms with E-state index in [1.807, 2.05) is 0 Å². The third-order valence-corrected chi connectivity index (χ3v) is 3.23. The van der Waals surface area contributed by atoms with Gasteiger partial charge in [-0.2, -0.15) is 0 Å². The van der Waals surface area contributed by atoms with Gasteiger partial charge in [0.2, 0.25) is 5.91 Å². The molecule has 92 valence electrons. The van der Waals surface area contributed by atoms with E-state index in [0.717, 1.165) is 12.8 Å². The Hall–Kier alpha value is -1.06. The molecule has 0 saturated heterocycles. The van der Waals surface area contributed by atoms with E-state index in [9.17, 15) is 9.59 Å². The van der Waals surface area contributed by atoms with Crippen molar-refractivity contribution in [3.8, 4) is 0 Å². The van der Waals surface area contributed by atoms with Gasteiger partial charge in [-0.3, -0.25) is 9.59 Å². The zero-order chi connectivity index (χ0) is 12.2. The zero-order valence-corrected chi connectivity index (χ0v) is 10.3. The van der Waals surface area contributed by atoms with Crippen LogP contribution in [0.15, 0.2) is 0 Å². The van der Waals surface area contributed by atoms with Crippen LogP contribution >= 0.6 is 0 Å². The van der Waals surface area contributed by atoms with Crippen LogP contribution in [0.3, 0.4) is 0 Å². The lowest BCUT2D eigenvalue weighted by Crippen LogP contribution is -2.51. The van der Waals surface area contributed by atoms with E-state index >= 15 is 0 Å². The second-order valence-corrected chi connectivity index (χ2v) is 4.87. The Bertz CT molecular complexity index is 269. The van der Waals surface area contributed by atoms with E-state index in [0.29, 0.717) is 25.3 Å². The van der Waals surface area contributed by atoms with Crippen LogP contribution in [-0.4, -0.2) is 25.5 Å². The number of esters is 1. The average molecular weight is 227 g/mol. The van der Waals surface area contributed by atoms with Crippen LogP contribution in [0, 0.1) is 11.3 Å². The van der Waals surface area contributed by atoms with E-state index in [1.54, 1.807) is 0 Å². The number of carbonyl (C=O) groups excluding carboxylic acids is 2. The fraction of sp³-hybridized carbons (Fsp3) is 0.833. The number of ether oxygens (including phenoxy) is 1. The first-order valence-electron chi connectivity index (χ1n) is 5.89. The molecule has 4 nitrogen and oxygen atoms in total. The maximum Gasteiger partial charge on any atom is 0.321 e. The monoisotopic (exact) mass is 227 g/mol. The number of carbonyl (C=O) groups is 2. The van der Waals surface area contributed by atoms with Gasteiger partial charge in [-0.05, 0) is 25.2 Å². The van der Waals surface area contributed by atoms with Gasteiger partial charge >= 0.3 is 5.97 Å². The molecule has 0 spiro atoms. The molecular weight excluding hydrogens is 206 g/mol. The molecule has 1 aliphatic carbocycles. The standard InChI is InChI=1S/C12H21NO3/c1-9(2)5-8-13-10(14)12(6-4-7-12)11(15)16-3/h9H,4-8H2,1-3H3,(H,13,14). The van der Waals surface area contributed by atoms with Crippen LogP contribution in [0.4, 0.5) is 0 Å². The first kappa shape index (κ1) is 13.0. The van der Waals surface area contributed by atoms with Crippen molar-refractivity contribution in [1.82, 2.24) is 5.32 Å². The van der Waals surface area contributed by atoms with Crippen molar-refractivity contribution < 1.29 is 14.3 Å². The number of nitrogens with one attached hydrogen (secondary N) is 1. The fourth-order valence-electron chi connectivity index (χ4n) is 1.89. The van der Waals surface area contributed by atoms with Gasteiger partial charge in [-0.1, -0.05) is 20.3 Å². The highest BCUT2D eigenvalue weighted by Crippen LogP contribution is 2.42. The fourth-order valence-corrected chi connectivity index (χ4v) is 1.89. The summed E-state index contributed by atoms with van der Waals surface area (Å²) in [5.74, 6) is 0.00261. The summed E-state index contributed by atoms with van der Waals surface area (Å²) < 4.78 is 4.71. The van der Waals surface area contributed by atoms with E-state index < -0.39 is 5.41 Å². The van der Waals surface area contributed by atoms with Crippen LogP contribution in [0.5, 0.6) is 0 Å². The van der Waals surface area contributed by atoms with Gasteiger partial charge < -0.3 is 10.1 Å². The molecule has 16 heavy (non-hydrogen) atoms. The minimum atomic E-state index is -0.883. The molecule has 1 saturated carbocycles. The van der Waals surface area contributed by atoms with Crippen LogP contribution in [-0.2, 0) is 14.3 Å². The van der Waals surface area contributed by atoms with Gasteiger partial charge in [0.1, 0.15) is 5.41 Å². The summed E-state index contributed by atoms with van der Waals surface area (Å²) in [5.41, 5.74) is -0.883. The molecule has 0 aromatic carbocycles. The lowest BCUT2D eigenvalue weighted by Gasteiger charge is -2.37. The Morgan fingerprint density at radius 2 is 2.00 bits per heavy atom. The predicted molar refractivity (Wildman–Crippen MR) is 60.8 cm³/mol. The van der Waals surface area contributed by atoms with Crippen molar-refractivity contribution in [3.63, 3.8) is 0 Å². The Morgan fingerprint density at radius 1 is 1.38 bits per heavy atom. The van der Waals surface area contributed by atoms with Gasteiger partial charge in [0.05, 0.1) is 7.11 Å². The number of hydrogen-bond donors (Lipinski definition) is 1. The quantitative estimate of drug-likeness (QED) is 0.572. The summed E-state index contributed by atoms with van der Waals surface area (Å²) >= 11 is 0. The Balaban J connectivity index is 2.47. The molecule has 0 aliphatic heterocycles. The molecule has 0 radical (unpaired) electrons. The summed E-state index contributed by atoms with van der Waals surface area (Å²) in [6.45, 7) is 4.84. The van der Waals surface area contributed by atoms with E-state index in [-0.39, 0.29) is 11.9 Å². The van der Waals surface area contributed by atoms with Crippen LogP contribution in [0.25, 0.3) is 0 Å². The average Bonchev–Trinajstić information content (AvgIpc) is 2.15. The Labute approximate surface area is 96.7 Å². The van der Waals surface area contributed by atoms with Gasteiger partial charge in [0.15, 0.2) is 0 Å². The molecule has 0 atom stereocenters. The molecule has 0 unspecified atom stereocenters. The van der Waals surface area contributed by atoms with Gasteiger partial charge in [-0.15, -0.1) is 0 Å². The SMILES string of the molecule is COC(=O)C1(C(=O)NCCC(C)C)CCC1. The lowest BCUT2D eigenvalue weighted by atomic mass is 9.68. The Morgan fingerprint density at radius 3 is 2.38 bits per heavy atom. The maximum atomic E-state index is 11.9. The predicted octanol–water partition coefficient (Wildman–Crippen LogP) is 1.49. The largest absolute Gasteiger partial charge is 0.468 e. The van der Waals surface area contributed by atoms with Crippen LogP contribution < -0.4 is 5.32 Å². The molecule has 1 amide bonds. The van der Waals surface area contributed by atoms with Crippen molar-refractivity contribution in [2.75, 3.05) is 13.7 Å². The molecule has 1 rings (SSSR count). The molecule has 0 heterocycles. The molecule has 4 heteroatoms. The smallest absolute Gasteiger partial charge is 0.321 e. The summed E-state index contributed by atoms with van der Waals surface area (Å²) in [6.07, 6.45) is 3.09. The highest BCUT2D eigenvalue weighted by Gasteiger charge is 2.51. The lowest BCUT2D eigenvalue weighted by molar-refractivity contribution is -0.165. The second-order valence-electron chi connectivity index (χ2n) is 4.87. The number of hydrogen-bond acceptors (Lipinski definition) is 3.